The van der Waals surface area contributed by atoms with Gasteiger partial charge in [0.25, 0.3) is 0 Å². The lowest BCUT2D eigenvalue weighted by Gasteiger charge is -2.30. The first-order valence-electron chi connectivity index (χ1n) is 29.5. The molecule has 2 aliphatic heterocycles. The molecule has 28 nitrogen and oxygen atoms in total. The second kappa shape index (κ2) is 29.2. The molecule has 10 rings (SSSR count). The fourth-order valence-electron chi connectivity index (χ4n) is 11.2. The zero-order chi connectivity index (χ0) is 68.0. The number of rotatable bonds is 22. The number of nitrogens with one attached hydrogen (secondary N) is 2. The number of aromatic nitrogens is 6. The Bertz CT molecular complexity index is 3540. The van der Waals surface area contributed by atoms with Crippen molar-refractivity contribution in [2.45, 2.75) is 138 Å². The second-order valence-corrected chi connectivity index (χ2v) is 26.5. The number of benzene rings is 2. The van der Waals surface area contributed by atoms with Crippen LogP contribution in [0.5, 0.6) is 11.5 Å². The maximum absolute atomic E-state index is 14.1. The van der Waals surface area contributed by atoms with E-state index in [9.17, 15) is 65.5 Å². The van der Waals surface area contributed by atoms with Gasteiger partial charge in [-0.05, 0) is 126 Å². The molecule has 94 heavy (non-hydrogen) atoms. The van der Waals surface area contributed by atoms with Crippen LogP contribution in [0, 0.1) is 36.8 Å². The van der Waals surface area contributed by atoms with Gasteiger partial charge in [-0.15, -0.1) is 0 Å². The monoisotopic (exact) mass is 1360 g/mol. The summed E-state index contributed by atoms with van der Waals surface area (Å²) in [5.41, 5.74) is 8.51. The molecule has 4 aromatic heterocycles. The number of alkyl halides is 6. The van der Waals surface area contributed by atoms with Crippen molar-refractivity contribution in [3.05, 3.63) is 132 Å². The fraction of sp³-hybridized carbons (Fsp3) is 0.517. The van der Waals surface area contributed by atoms with Crippen LogP contribution in [0.25, 0.3) is 20.7 Å². The quantitative estimate of drug-likeness (QED) is 0.0140. The van der Waals surface area contributed by atoms with E-state index in [1.807, 2.05) is 0 Å². The summed E-state index contributed by atoms with van der Waals surface area (Å²) >= 11 is 0. The third-order valence-corrected chi connectivity index (χ3v) is 19.9. The zero-order valence-corrected chi connectivity index (χ0v) is 52.0. The minimum absolute atomic E-state index is 0.0533. The molecular weight excluding hydrogens is 1300 g/mol. The number of hydrogen-bond acceptors (Lipinski definition) is 22. The SMILES string of the molecule is [C-]#[N+][C@]1(CO[P@@](=O)(N[C@@H](C)C(=O)OCC2CCC(C(F)(F)F)CC2)Oc2ccccc2)O[C@@H](c2ccc3c(N)ncnn23)[C@H](O)[C@@H]1O.[C-]#[N+][C@]1(CO[P@](=O)(N[C@@H](C)C(=O)OCC2CCC(C(F)(F)F)CC2)Oc2ccccc2)O[C@@H](c2ccc3c(N)ncnn23)[C@H](O)[C@@H]1O. The van der Waals surface area contributed by atoms with Gasteiger partial charge in [0.1, 0.15) is 71.7 Å². The van der Waals surface area contributed by atoms with Crippen LogP contribution in [0.4, 0.5) is 38.0 Å². The molecule has 0 radical (unpaired) electrons. The summed E-state index contributed by atoms with van der Waals surface area (Å²) in [5, 5.41) is 57.0. The number of esters is 2. The minimum Gasteiger partial charge on any atom is -0.464 e. The number of aliphatic hydroxyl groups excluding tert-OH is 4. The van der Waals surface area contributed by atoms with Crippen molar-refractivity contribution in [3.8, 4) is 11.5 Å². The van der Waals surface area contributed by atoms with Crippen molar-refractivity contribution in [3.63, 3.8) is 0 Å². The number of ether oxygens (including phenoxy) is 4. The van der Waals surface area contributed by atoms with E-state index in [1.54, 1.807) is 48.5 Å². The van der Waals surface area contributed by atoms with Crippen molar-refractivity contribution in [1.82, 2.24) is 39.4 Å². The largest absolute Gasteiger partial charge is 0.464 e. The third kappa shape index (κ3) is 16.2. The van der Waals surface area contributed by atoms with Gasteiger partial charge in [0.2, 0.25) is 0 Å². The highest BCUT2D eigenvalue weighted by Gasteiger charge is 2.64. The van der Waals surface area contributed by atoms with E-state index in [0.717, 1.165) is 0 Å². The van der Waals surface area contributed by atoms with Gasteiger partial charge in [0.15, 0.2) is 37.1 Å². The molecule has 36 heteroatoms. The van der Waals surface area contributed by atoms with Gasteiger partial charge in [0, 0.05) is 0 Å². The first-order valence-corrected chi connectivity index (χ1v) is 32.6. The van der Waals surface area contributed by atoms with Gasteiger partial charge in [-0.2, -0.15) is 46.7 Å². The van der Waals surface area contributed by atoms with Gasteiger partial charge in [-0.3, -0.25) is 37.8 Å². The zero-order valence-electron chi connectivity index (χ0n) is 50.2. The molecule has 0 unspecified atom stereocenters. The lowest BCUT2D eigenvalue weighted by Crippen LogP contribution is -2.45. The molecule has 2 saturated heterocycles. The lowest BCUT2D eigenvalue weighted by atomic mass is 9.82. The second-order valence-electron chi connectivity index (χ2n) is 23.1. The maximum Gasteiger partial charge on any atom is 0.459 e. The van der Waals surface area contributed by atoms with Crippen LogP contribution >= 0.6 is 15.5 Å². The molecular formula is C58H68F6N12O16P2. The molecule has 12 atom stereocenters. The van der Waals surface area contributed by atoms with Gasteiger partial charge in [-0.1, -0.05) is 36.4 Å². The van der Waals surface area contributed by atoms with Crippen LogP contribution in [0.3, 0.4) is 0 Å². The third-order valence-electron chi connectivity index (χ3n) is 16.6. The molecule has 6 aromatic rings. The summed E-state index contributed by atoms with van der Waals surface area (Å²) in [5.74, 6) is -4.55. The Hall–Kier alpha value is -7.56. The van der Waals surface area contributed by atoms with Crippen LogP contribution < -0.4 is 30.7 Å². The number of halogens is 6. The van der Waals surface area contributed by atoms with Crippen molar-refractivity contribution >= 4 is 50.1 Å². The Balaban J connectivity index is 0.000000221. The summed E-state index contributed by atoms with van der Waals surface area (Å²) in [4.78, 5) is 40.3. The number of para-hydroxylation sites is 2. The fourth-order valence-corrected chi connectivity index (χ4v) is 14.3. The van der Waals surface area contributed by atoms with Crippen LogP contribution in [-0.4, -0.2) is 148 Å². The predicted octanol–water partition coefficient (Wildman–Crippen LogP) is 7.63. The molecule has 0 bridgehead atoms. The number of nitrogens with two attached hydrogens (primary N) is 2. The van der Waals surface area contributed by atoms with Crippen molar-refractivity contribution in [2.75, 3.05) is 37.9 Å². The maximum atomic E-state index is 14.1. The molecule has 2 aliphatic carbocycles. The molecule has 4 fully saturated rings. The first-order chi connectivity index (χ1) is 44.5. The number of fused-ring (bicyclic) bond motifs is 2. The van der Waals surface area contributed by atoms with E-state index >= 15 is 0 Å². The number of carbonyl (C=O) groups excluding carboxylic acids is 2. The molecule has 10 N–H and O–H groups in total. The highest BCUT2D eigenvalue weighted by atomic mass is 31.2. The average molecular weight is 1370 g/mol. The molecule has 508 valence electrons. The lowest BCUT2D eigenvalue weighted by molar-refractivity contribution is -0.185. The van der Waals surface area contributed by atoms with Gasteiger partial charge < -0.3 is 50.4 Å². The number of nitrogens with zero attached hydrogens (tertiary/aromatic N) is 8. The predicted molar refractivity (Wildman–Crippen MR) is 317 cm³/mol. The number of hydrogen-bond donors (Lipinski definition) is 8. The van der Waals surface area contributed by atoms with E-state index in [2.05, 4.69) is 40.0 Å². The Morgan fingerprint density at radius 2 is 0.968 bits per heavy atom. The van der Waals surface area contributed by atoms with Crippen LogP contribution in [0.15, 0.2) is 97.6 Å². The van der Waals surface area contributed by atoms with E-state index in [1.165, 1.54) is 71.9 Å². The summed E-state index contributed by atoms with van der Waals surface area (Å²) in [6, 6.07) is 19.2. The Labute approximate surface area is 532 Å². The highest BCUT2D eigenvalue weighted by Crippen LogP contribution is 2.52. The molecule has 2 saturated carbocycles. The number of aliphatic hydroxyl groups is 4. The van der Waals surface area contributed by atoms with Crippen LogP contribution in [-0.2, 0) is 46.7 Å². The Morgan fingerprint density at radius 1 is 0.617 bits per heavy atom. The van der Waals surface area contributed by atoms with Crippen molar-refractivity contribution in [1.29, 1.82) is 0 Å². The smallest absolute Gasteiger partial charge is 0.459 e. The summed E-state index contributed by atoms with van der Waals surface area (Å²) < 4.78 is 154. The van der Waals surface area contributed by atoms with E-state index in [0.29, 0.717) is 11.0 Å². The molecule has 0 spiro atoms. The van der Waals surface area contributed by atoms with Crippen molar-refractivity contribution < 1.29 is 103 Å². The van der Waals surface area contributed by atoms with E-state index in [4.69, 9.17) is 61.7 Å². The Kier molecular flexibility index (Phi) is 22.0. The van der Waals surface area contributed by atoms with Crippen molar-refractivity contribution in [2.24, 2.45) is 23.7 Å². The topological polar surface area (TPSA) is 368 Å². The average Bonchev–Trinajstić information content (AvgIpc) is 1.61. The van der Waals surface area contributed by atoms with Gasteiger partial charge >= 0.3 is 51.2 Å². The summed E-state index contributed by atoms with van der Waals surface area (Å²) in [6.45, 7) is 16.3. The Morgan fingerprint density at radius 3 is 1.30 bits per heavy atom. The number of carbonyl (C=O) groups is 2. The summed E-state index contributed by atoms with van der Waals surface area (Å²) in [7, 11) is -9.10. The normalized spacial score (nSPS) is 28.3. The first kappa shape index (κ1) is 70.7. The van der Waals surface area contributed by atoms with Gasteiger partial charge in [0.05, 0.1) is 36.4 Å². The number of anilines is 2. The number of nitrogen functional groups attached to an aromatic ring is 2. The van der Waals surface area contributed by atoms with Gasteiger partial charge in [-0.25, -0.2) is 41.3 Å². The van der Waals surface area contributed by atoms with E-state index < -0.39 is 125 Å². The standard InChI is InChI=1S/2C29H34F3N6O8P/c2*1-17(27(41)43-14-18-8-10-19(11-9-18)29(30,31)32)37-47(42,46-20-6-4-3-5-7-20)44-15-28(34-2)25(40)23(39)24(45-28)21-12-13-22-26(33)35-16-36-38(21)22/h2*3-7,12-13,16-19,23-25,39-40H,8-11,14-15H2,1H3,(H,37,42)(H2,33,35,36)/t17-,18?,19?,23-,24-,25-,28+,47+;17-,18?,19?,23-,24-,25-,28+,47-/m00/s1. The van der Waals surface area contributed by atoms with Crippen LogP contribution in [0.2, 0.25) is 0 Å². The van der Waals surface area contributed by atoms with E-state index in [-0.39, 0.29) is 111 Å². The molecule has 4 aliphatic rings. The minimum atomic E-state index is -4.55. The van der Waals surface area contributed by atoms with Crippen LogP contribution in [0.1, 0.15) is 88.8 Å². The highest BCUT2D eigenvalue weighted by molar-refractivity contribution is 7.52. The summed E-state index contributed by atoms with van der Waals surface area (Å²) in [6.07, 6.45) is -15.0. The molecule has 0 amide bonds. The molecule has 6 heterocycles. The molecule has 2 aromatic carbocycles.